The summed E-state index contributed by atoms with van der Waals surface area (Å²) in [6.07, 6.45) is 17.0. The standard InChI is InChI=1S/C19H16N4O2.C17H16N4O2.C15H16BrF3N4O.C14H16N4O2.C13H16N4O2.C13H14N4O2/c1-13-21-12-17(19(20)23-13)25-16-10-18(24-2)22-11-15(16)9-8-14-6-4-3-5-7-14;1-11-19-10-15(17(18)21-11)23-14-8-16(22-2)20-9-13(14)12-6-4-3-5-7-12;1-8(2)10-5-21-13(16)4-11(10)24-12-6-20-9(3)23-14(12)22-7-15(17,18)19;1-8(2)10-6-17-13(19-4)5-11(10)20-12-7-16-9(3)18-14(12)15;2*1-4-9-6-16-12(18-3)5-10(9)19-11-7-15-8(2)17-13(11)14/h3-7,10-12H,1-2H3,(H2,20,21,23);3-10H,1-2H3,(H2,18,19,21);4-6,8H,7H2,1-3H3,(H,20,22,23);5-7H,1H2,2-4H3,(H2,15,16,18);5-7H,4H2,1-3H3,(H2,14,15,17);4-7H,1H2,2-3H3,(H2,14,15,17). The number of alkyl halides is 3. The van der Waals surface area contributed by atoms with Crippen LogP contribution in [0.2, 0.25) is 0 Å². The molecule has 0 aliphatic heterocycles. The number of benzene rings is 2. The minimum Gasteiger partial charge on any atom is -0.481 e. The zero-order valence-electron chi connectivity index (χ0n) is 73.6. The Morgan fingerprint density at radius 1 is 0.431 bits per heavy atom. The Balaban J connectivity index is 0.000000176. The minimum absolute atomic E-state index is 0.0116. The smallest absolute Gasteiger partial charge is 0.405 e. The fourth-order valence-corrected chi connectivity index (χ4v) is 11.0. The summed E-state index contributed by atoms with van der Waals surface area (Å²) in [4.78, 5) is 73.7. The molecule has 130 heavy (non-hydrogen) atoms. The van der Waals surface area contributed by atoms with Gasteiger partial charge >= 0.3 is 6.18 Å². The number of aryl methyl sites for hydroxylation is 7. The minimum atomic E-state index is -4.36. The number of anilines is 6. The number of hydrogen-bond donors (Lipinski definition) is 6. The number of nitrogens with zero attached hydrogens (tertiary/aromatic N) is 18. The van der Waals surface area contributed by atoms with E-state index in [4.69, 9.17) is 80.8 Å². The van der Waals surface area contributed by atoms with Gasteiger partial charge in [0.2, 0.25) is 29.4 Å². The van der Waals surface area contributed by atoms with Crippen LogP contribution in [0.5, 0.6) is 98.4 Å². The molecule has 0 amide bonds. The van der Waals surface area contributed by atoms with Crippen molar-refractivity contribution in [2.75, 3.05) is 76.1 Å². The lowest BCUT2D eigenvalue weighted by atomic mass is 10.1. The van der Waals surface area contributed by atoms with Crippen LogP contribution in [0, 0.1) is 53.4 Å². The number of ether oxygens (including phenoxy) is 11. The van der Waals surface area contributed by atoms with Gasteiger partial charge in [-0.1, -0.05) is 100 Å². The van der Waals surface area contributed by atoms with Gasteiger partial charge in [-0.3, -0.25) is 0 Å². The zero-order chi connectivity index (χ0) is 94.1. The molecule has 0 saturated heterocycles. The van der Waals surface area contributed by atoms with Crippen LogP contribution in [0.1, 0.15) is 102 Å². The van der Waals surface area contributed by atoms with E-state index in [0.29, 0.717) is 144 Å². The van der Waals surface area contributed by atoms with Crippen LogP contribution in [-0.2, 0) is 6.42 Å². The Labute approximate surface area is 756 Å². The zero-order valence-corrected chi connectivity index (χ0v) is 75.2. The highest BCUT2D eigenvalue weighted by Gasteiger charge is 2.28. The maximum Gasteiger partial charge on any atom is 0.405 e. The second-order valence-electron chi connectivity index (χ2n) is 27.3. The first-order valence-corrected chi connectivity index (χ1v) is 40.0. The molecule has 0 aliphatic carbocycles. The molecule has 0 fully saturated rings. The predicted octanol–water partition coefficient (Wildman–Crippen LogP) is 18.0. The number of nitrogens with one attached hydrogen (secondary N) is 1. The summed E-state index contributed by atoms with van der Waals surface area (Å²) >= 11 is 3.26. The van der Waals surface area contributed by atoms with Crippen LogP contribution >= 0.6 is 15.9 Å². The molecule has 14 rings (SSSR count). The highest BCUT2D eigenvalue weighted by Crippen LogP contribution is 2.40. The number of hydrogen-bond acceptors (Lipinski definition) is 35. The summed E-state index contributed by atoms with van der Waals surface area (Å²) in [5, 5.41) is 2.25. The molecule has 0 spiro atoms. The Hall–Kier alpha value is -16.3. The van der Waals surface area contributed by atoms with E-state index in [0.717, 1.165) is 50.9 Å². The van der Waals surface area contributed by atoms with Crippen molar-refractivity contribution < 1.29 is 65.3 Å². The predicted molar refractivity (Wildman–Crippen MR) is 490 cm³/mol. The van der Waals surface area contributed by atoms with Gasteiger partial charge in [0.05, 0.1) is 84.5 Å². The topological polar surface area (TPSA) is 476 Å². The van der Waals surface area contributed by atoms with Crippen LogP contribution in [0.3, 0.4) is 0 Å². The molecule has 0 aliphatic rings. The molecule has 39 heteroatoms. The summed E-state index contributed by atoms with van der Waals surface area (Å²) in [7, 11) is 7.71. The molecule has 11 N–H and O–H groups in total. The Morgan fingerprint density at radius 3 is 1.27 bits per heavy atom. The molecular formula is C91H94BrF3N24O11. The van der Waals surface area contributed by atoms with E-state index in [2.05, 4.69) is 136 Å². The Bertz CT molecular complexity index is 6290. The first kappa shape index (κ1) is 97.5. The first-order chi connectivity index (χ1) is 62.3. The summed E-state index contributed by atoms with van der Waals surface area (Å²) in [5.41, 5.74) is 36.6. The average Bonchev–Trinajstić information content (AvgIpc) is 0.842. The van der Waals surface area contributed by atoms with Gasteiger partial charge in [0, 0.05) is 101 Å². The lowest BCUT2D eigenvalue weighted by Crippen LogP contribution is -2.22. The van der Waals surface area contributed by atoms with Gasteiger partial charge in [0.15, 0.2) is 69.4 Å². The van der Waals surface area contributed by atoms with E-state index in [1.165, 1.54) is 46.1 Å². The molecule has 2 aromatic carbocycles. The number of rotatable bonds is 24. The van der Waals surface area contributed by atoms with Gasteiger partial charge in [-0.05, 0) is 100 Å². The third kappa shape index (κ3) is 29.2. The van der Waals surface area contributed by atoms with E-state index in [9.17, 15) is 13.2 Å². The Kier molecular flexibility index (Phi) is 35.4. The number of nitrogens with two attached hydrogens (primary N) is 5. The lowest BCUT2D eigenvalue weighted by Gasteiger charge is -2.16. The van der Waals surface area contributed by atoms with Gasteiger partial charge in [0.1, 0.15) is 80.6 Å². The van der Waals surface area contributed by atoms with E-state index in [-0.39, 0.29) is 40.8 Å². The normalized spacial score (nSPS) is 10.4. The van der Waals surface area contributed by atoms with E-state index in [1.54, 1.807) is 148 Å². The van der Waals surface area contributed by atoms with Crippen molar-refractivity contribution in [3.63, 3.8) is 0 Å². The molecule has 0 saturated carbocycles. The molecule has 35 nitrogen and oxygen atoms in total. The number of aromatic nitrogens is 18. The second kappa shape index (κ2) is 47.2. The van der Waals surface area contributed by atoms with Crippen molar-refractivity contribution in [2.24, 2.45) is 0 Å². The maximum atomic E-state index is 12.5. The van der Waals surface area contributed by atoms with Gasteiger partial charge < -0.3 is 86.1 Å². The molecule has 0 unspecified atom stereocenters. The van der Waals surface area contributed by atoms with Gasteiger partial charge in [0.25, 0.3) is 0 Å². The first-order valence-electron chi connectivity index (χ1n) is 39.2. The molecule has 12 heterocycles. The summed E-state index contributed by atoms with van der Waals surface area (Å²) < 4.78 is 98.3. The number of pyridine rings is 6. The lowest BCUT2D eigenvalue weighted by molar-refractivity contribution is -0.115. The van der Waals surface area contributed by atoms with Gasteiger partial charge in [-0.15, -0.1) is 0 Å². The van der Waals surface area contributed by atoms with Crippen LogP contribution < -0.4 is 86.1 Å². The largest absolute Gasteiger partial charge is 0.481 e. The fraction of sp³-hybridized carbons (Fsp3) is 0.209. The SMILES string of the molecule is C=C(C)c1cnc(OC)cc1Oc1cnc(C)nc1N.C=Cc1cnc(OC)cc1Oc1cnc(C)nc1N.CCc1cnc(OC)cc1Oc1cnc(C)nc1N.COc1cc(Oc2cnc(C)nc2N)c(-c2ccccc2)cn1.COc1cc(Oc2cnc(C)nc2N)c(C#Cc2ccccc2)cn1.Cc1ncc(Oc2cc(Br)ncc2C(C)C)c(NCC(F)(F)F)n1. The van der Waals surface area contributed by atoms with Gasteiger partial charge in [-0.25, -0.2) is 89.7 Å². The third-order valence-corrected chi connectivity index (χ3v) is 17.7. The fourth-order valence-electron chi connectivity index (χ4n) is 10.7. The highest BCUT2D eigenvalue weighted by atomic mass is 79.9. The van der Waals surface area contributed by atoms with Crippen LogP contribution in [0.4, 0.5) is 48.1 Å². The van der Waals surface area contributed by atoms with E-state index in [1.807, 2.05) is 88.4 Å². The number of allylic oxidation sites excluding steroid dienone is 1. The molecular weight excluding hydrogens is 1740 g/mol. The second-order valence-corrected chi connectivity index (χ2v) is 28.1. The van der Waals surface area contributed by atoms with Crippen molar-refractivity contribution in [1.82, 2.24) is 89.7 Å². The van der Waals surface area contributed by atoms with Crippen molar-refractivity contribution in [3.05, 3.63) is 258 Å². The molecule has 672 valence electrons. The number of methoxy groups -OCH3 is 5. The molecule has 12 aromatic heterocycles. The molecule has 0 atom stereocenters. The van der Waals surface area contributed by atoms with Crippen molar-refractivity contribution >= 4 is 62.5 Å². The third-order valence-electron chi connectivity index (χ3n) is 17.3. The average molecular weight is 1840 g/mol. The van der Waals surface area contributed by atoms with Crippen LogP contribution in [-0.4, -0.2) is 138 Å². The summed E-state index contributed by atoms with van der Waals surface area (Å²) in [6.45, 7) is 24.6. The van der Waals surface area contributed by atoms with Crippen molar-refractivity contribution in [3.8, 4) is 121 Å². The van der Waals surface area contributed by atoms with Crippen LogP contribution in [0.25, 0.3) is 22.8 Å². The quantitative estimate of drug-likeness (QED) is 0.0242. The monoisotopic (exact) mass is 1830 g/mol. The van der Waals surface area contributed by atoms with Crippen LogP contribution in [0.15, 0.2) is 189 Å². The van der Waals surface area contributed by atoms with Gasteiger partial charge in [-0.2, -0.15) is 13.2 Å². The van der Waals surface area contributed by atoms with E-state index >= 15 is 0 Å². The van der Waals surface area contributed by atoms with Crippen molar-refractivity contribution in [1.29, 1.82) is 0 Å². The Morgan fingerprint density at radius 2 is 0.815 bits per heavy atom. The maximum absolute atomic E-state index is 12.5. The number of halogens is 4. The molecule has 0 radical (unpaired) electrons. The summed E-state index contributed by atoms with van der Waals surface area (Å²) in [5.74, 6) is 18.4. The van der Waals surface area contributed by atoms with E-state index < -0.39 is 12.7 Å². The highest BCUT2D eigenvalue weighted by molar-refractivity contribution is 9.10. The molecule has 0 bridgehead atoms. The number of nitrogen functional groups attached to an aromatic ring is 5. The molecule has 14 aromatic rings. The summed E-state index contributed by atoms with van der Waals surface area (Å²) in [6, 6.07) is 29.5. The van der Waals surface area contributed by atoms with Crippen molar-refractivity contribution in [2.45, 2.75) is 87.8 Å².